The van der Waals surface area contributed by atoms with Crippen LogP contribution in [-0.2, 0) is 25.7 Å². The van der Waals surface area contributed by atoms with E-state index in [4.69, 9.17) is 4.74 Å². The highest BCUT2D eigenvalue weighted by Crippen LogP contribution is 2.52. The molecule has 1 heterocycles. The molecule has 1 fully saturated rings. The van der Waals surface area contributed by atoms with Gasteiger partial charge in [0, 0.05) is 42.7 Å². The summed E-state index contributed by atoms with van der Waals surface area (Å²) in [4.78, 5) is 37.9. The summed E-state index contributed by atoms with van der Waals surface area (Å²) in [6.45, 7) is 8.59. The first-order chi connectivity index (χ1) is 19.8. The van der Waals surface area contributed by atoms with Crippen molar-refractivity contribution in [1.82, 2.24) is 0 Å². The molecule has 41 heavy (non-hydrogen) atoms. The molecule has 2 atom stereocenters. The number of hydrogen-bond acceptors (Lipinski definition) is 4. The number of anilines is 1. The van der Waals surface area contributed by atoms with E-state index in [9.17, 15) is 14.4 Å². The molecule has 2 aromatic rings. The predicted octanol–water partition coefficient (Wildman–Crippen LogP) is 6.56. The monoisotopic (exact) mass is 551 g/mol. The van der Waals surface area contributed by atoms with Crippen molar-refractivity contribution in [1.29, 1.82) is 0 Å². The lowest BCUT2D eigenvalue weighted by Gasteiger charge is -2.26. The van der Waals surface area contributed by atoms with Gasteiger partial charge in [-0.2, -0.15) is 0 Å². The number of esters is 1. The van der Waals surface area contributed by atoms with E-state index in [0.29, 0.717) is 19.1 Å². The van der Waals surface area contributed by atoms with E-state index in [1.54, 1.807) is 4.90 Å². The average Bonchev–Trinajstić information content (AvgIpc) is 3.60. The van der Waals surface area contributed by atoms with Crippen molar-refractivity contribution in [3.05, 3.63) is 65.2 Å². The van der Waals surface area contributed by atoms with Gasteiger partial charge in [0.05, 0.1) is 24.8 Å². The number of amides is 1. The molecule has 2 aromatic carbocycles. The first-order valence-corrected chi connectivity index (χ1v) is 14.9. The Hall–Kier alpha value is -3.83. The Labute approximate surface area is 245 Å². The van der Waals surface area contributed by atoms with Crippen molar-refractivity contribution in [3.8, 4) is 23.7 Å². The quantitative estimate of drug-likeness (QED) is 0.289. The van der Waals surface area contributed by atoms with Crippen LogP contribution in [0.2, 0.25) is 0 Å². The second kappa shape index (κ2) is 14.2. The highest BCUT2D eigenvalue weighted by atomic mass is 16.5. The Morgan fingerprint density at radius 1 is 0.829 bits per heavy atom. The van der Waals surface area contributed by atoms with Gasteiger partial charge in [-0.25, -0.2) is 0 Å². The van der Waals surface area contributed by atoms with Crippen molar-refractivity contribution in [2.45, 2.75) is 72.8 Å². The molecule has 0 spiro atoms. The second-order valence-electron chi connectivity index (χ2n) is 11.7. The topological polar surface area (TPSA) is 63.7 Å². The lowest BCUT2D eigenvalue weighted by Crippen LogP contribution is -2.32. The van der Waals surface area contributed by atoms with Crippen molar-refractivity contribution >= 4 is 23.3 Å². The number of nitrogens with zero attached hydrogens (tertiary/aromatic N) is 1. The average molecular weight is 552 g/mol. The normalized spacial score (nSPS) is 20.0. The van der Waals surface area contributed by atoms with Gasteiger partial charge in [-0.15, -0.1) is 11.8 Å². The summed E-state index contributed by atoms with van der Waals surface area (Å²) in [5.41, 5.74) is 3.60. The predicted molar refractivity (Wildman–Crippen MR) is 162 cm³/mol. The minimum Gasteiger partial charge on any atom is -0.465 e. The molecule has 5 nitrogen and oxygen atoms in total. The first-order valence-electron chi connectivity index (χ1n) is 14.9. The van der Waals surface area contributed by atoms with Crippen LogP contribution in [0.15, 0.2) is 48.5 Å². The van der Waals surface area contributed by atoms with E-state index >= 15 is 0 Å². The molecule has 2 aliphatic carbocycles. The fourth-order valence-corrected chi connectivity index (χ4v) is 5.49. The van der Waals surface area contributed by atoms with E-state index in [1.165, 1.54) is 12.8 Å². The van der Waals surface area contributed by atoms with E-state index in [-0.39, 0.29) is 42.3 Å². The molecule has 1 aliphatic heterocycles. The molecule has 3 aliphatic rings. The van der Waals surface area contributed by atoms with Crippen molar-refractivity contribution in [2.24, 2.45) is 29.6 Å². The van der Waals surface area contributed by atoms with E-state index in [2.05, 4.69) is 23.7 Å². The molecule has 5 heteroatoms. The molecule has 2 unspecified atom stereocenters. The minimum atomic E-state index is -0.0597. The van der Waals surface area contributed by atoms with E-state index < -0.39 is 0 Å². The Bertz CT molecular complexity index is 1370. The van der Waals surface area contributed by atoms with Gasteiger partial charge in [0.2, 0.25) is 5.91 Å². The molecule has 0 bridgehead atoms. The molecule has 0 N–H and O–H groups in total. The zero-order valence-electron chi connectivity index (χ0n) is 24.7. The summed E-state index contributed by atoms with van der Waals surface area (Å²) in [6, 6.07) is 15.6. The number of ether oxygens (including phenoxy) is 1. The summed E-state index contributed by atoms with van der Waals surface area (Å²) in [5.74, 6) is 14.9. The lowest BCUT2D eigenvalue weighted by molar-refractivity contribution is -0.148. The van der Waals surface area contributed by atoms with E-state index in [0.717, 1.165) is 47.1 Å². The molecule has 0 aromatic heterocycles. The number of carbonyl (C=O) groups excluding carboxylic acids is 3. The largest absolute Gasteiger partial charge is 0.465 e. The number of carbonyl (C=O) groups is 3. The third-order valence-electron chi connectivity index (χ3n) is 8.13. The van der Waals surface area contributed by atoms with Crippen LogP contribution in [-0.4, -0.2) is 24.3 Å². The second-order valence-corrected chi connectivity index (χ2v) is 11.7. The number of para-hydroxylation sites is 1. The van der Waals surface area contributed by atoms with Crippen LogP contribution in [0.4, 0.5) is 5.69 Å². The van der Waals surface area contributed by atoms with Gasteiger partial charge in [-0.05, 0) is 54.4 Å². The van der Waals surface area contributed by atoms with Crippen LogP contribution in [0.25, 0.3) is 0 Å². The summed E-state index contributed by atoms with van der Waals surface area (Å²) >= 11 is 0. The van der Waals surface area contributed by atoms with E-state index in [1.807, 2.05) is 76.2 Å². The van der Waals surface area contributed by atoms with Crippen LogP contribution < -0.4 is 4.90 Å². The summed E-state index contributed by atoms with van der Waals surface area (Å²) < 4.78 is 5.32. The molecular weight excluding hydrogens is 510 g/mol. The van der Waals surface area contributed by atoms with Gasteiger partial charge in [0.25, 0.3) is 0 Å². The van der Waals surface area contributed by atoms with Gasteiger partial charge in [-0.3, -0.25) is 14.4 Å². The third-order valence-corrected chi connectivity index (χ3v) is 8.13. The molecule has 5 rings (SSSR count). The van der Waals surface area contributed by atoms with Gasteiger partial charge in [0.15, 0.2) is 0 Å². The van der Waals surface area contributed by atoms with Crippen LogP contribution in [0, 0.1) is 53.3 Å². The van der Waals surface area contributed by atoms with Gasteiger partial charge in [0.1, 0.15) is 5.78 Å². The maximum Gasteiger partial charge on any atom is 0.308 e. The minimum absolute atomic E-state index is 0.00494. The van der Waals surface area contributed by atoms with Crippen LogP contribution in [0.3, 0.4) is 0 Å². The van der Waals surface area contributed by atoms with Crippen LogP contribution in [0.5, 0.6) is 0 Å². The van der Waals surface area contributed by atoms with Crippen molar-refractivity contribution in [2.75, 3.05) is 11.5 Å². The highest BCUT2D eigenvalue weighted by Gasteiger charge is 2.49. The fraction of sp³-hybridized carbons (Fsp3) is 0.472. The Morgan fingerprint density at radius 3 is 2.10 bits per heavy atom. The lowest BCUT2D eigenvalue weighted by atomic mass is 10.0. The summed E-state index contributed by atoms with van der Waals surface area (Å²) in [7, 11) is 0. The summed E-state index contributed by atoms with van der Waals surface area (Å²) in [6.07, 6.45) is 4.94. The third kappa shape index (κ3) is 8.11. The fourth-order valence-electron chi connectivity index (χ4n) is 5.49. The Kier molecular flexibility index (Phi) is 10.4. The number of hydrogen-bond donors (Lipinski definition) is 0. The Morgan fingerprint density at radius 2 is 1.44 bits per heavy atom. The van der Waals surface area contributed by atoms with Crippen molar-refractivity contribution in [3.63, 3.8) is 0 Å². The molecule has 0 radical (unpaired) electrons. The van der Waals surface area contributed by atoms with Crippen molar-refractivity contribution < 1.29 is 19.1 Å². The first kappa shape index (κ1) is 30.1. The maximum atomic E-state index is 12.9. The van der Waals surface area contributed by atoms with Crippen LogP contribution >= 0.6 is 0 Å². The smallest absolute Gasteiger partial charge is 0.308 e. The molecule has 214 valence electrons. The van der Waals surface area contributed by atoms with Gasteiger partial charge >= 0.3 is 5.97 Å². The zero-order valence-corrected chi connectivity index (χ0v) is 24.7. The summed E-state index contributed by atoms with van der Waals surface area (Å²) in [5, 5.41) is 0. The zero-order chi connectivity index (χ0) is 29.4. The molecular formula is C36H41NO4. The molecule has 1 saturated carbocycles. The number of ketones is 1. The Balaban J connectivity index is 0.000000208. The van der Waals surface area contributed by atoms with Gasteiger partial charge < -0.3 is 9.64 Å². The molecule has 1 amide bonds. The number of benzene rings is 2. The SMILES string of the molecule is CC(C)C(=O)CCC(=O)N1Cc2ccccc2C#Cc2ccccc21.CC(C)C(=O)OCC1C2CCC#CCCC21. The molecule has 0 saturated heterocycles. The number of rotatable bonds is 7. The maximum absolute atomic E-state index is 12.9. The highest BCUT2D eigenvalue weighted by molar-refractivity contribution is 5.97. The van der Waals surface area contributed by atoms with Crippen LogP contribution in [0.1, 0.15) is 82.9 Å². The standard InChI is InChI=1S/C22H21NO2.C14H20O2/c1-16(2)21(24)13-14-22(25)23-15-19-9-4-3-7-17(19)11-12-18-8-5-6-10-20(18)23;1-10(2)14(15)16-9-13-11-7-5-3-4-6-8-12(11)13/h3-10,16H,13-15H2,1-2H3;10-13H,5-9H2,1-2H3. The number of fused-ring (bicyclic) bond motifs is 3. The van der Waals surface area contributed by atoms with Gasteiger partial charge in [-0.1, -0.05) is 69.9 Å². The number of Topliss-reactive ketones (excluding diaryl/α,β-unsaturated/α-hetero) is 1.